The van der Waals surface area contributed by atoms with E-state index in [2.05, 4.69) is 5.32 Å². The molecular formula is C12H12F3NO. The Hall–Kier alpha value is -1.52. The fraction of sp³-hybridized carbons (Fsp3) is 0.417. The number of benzene rings is 1. The van der Waals surface area contributed by atoms with E-state index in [-0.39, 0.29) is 18.0 Å². The molecule has 2 rings (SSSR count). The summed E-state index contributed by atoms with van der Waals surface area (Å²) in [6.07, 6.45) is 0.464. The van der Waals surface area contributed by atoms with Gasteiger partial charge in [-0.3, -0.25) is 4.79 Å². The lowest BCUT2D eigenvalue weighted by molar-refractivity contribution is -0.122. The van der Waals surface area contributed by atoms with Gasteiger partial charge in [-0.25, -0.2) is 13.2 Å². The molecule has 1 fully saturated rings. The zero-order chi connectivity index (χ0) is 12.6. The van der Waals surface area contributed by atoms with Crippen molar-refractivity contribution < 1.29 is 18.0 Å². The Bertz CT molecular complexity index is 461. The van der Waals surface area contributed by atoms with Gasteiger partial charge < -0.3 is 5.32 Å². The van der Waals surface area contributed by atoms with Crippen LogP contribution in [0.1, 0.15) is 24.8 Å². The molecule has 0 radical (unpaired) electrons. The topological polar surface area (TPSA) is 29.1 Å². The van der Waals surface area contributed by atoms with Crippen molar-refractivity contribution in [3.05, 3.63) is 35.1 Å². The van der Waals surface area contributed by atoms with Crippen LogP contribution in [0.15, 0.2) is 12.1 Å². The molecule has 1 amide bonds. The van der Waals surface area contributed by atoms with E-state index >= 15 is 0 Å². The van der Waals surface area contributed by atoms with Crippen LogP contribution in [0.3, 0.4) is 0 Å². The SMILES string of the molecule is CCC1C(=O)NC[C@H]1c1c(F)ccc(F)c1F. The number of carbonyl (C=O) groups excluding carboxylic acids is 1. The number of rotatable bonds is 2. The molecule has 0 aromatic heterocycles. The van der Waals surface area contributed by atoms with Gasteiger partial charge in [-0.05, 0) is 18.6 Å². The van der Waals surface area contributed by atoms with Gasteiger partial charge in [0.2, 0.25) is 5.91 Å². The van der Waals surface area contributed by atoms with Crippen LogP contribution in [0.25, 0.3) is 0 Å². The van der Waals surface area contributed by atoms with Crippen molar-refractivity contribution in [1.29, 1.82) is 0 Å². The third kappa shape index (κ3) is 1.90. The lowest BCUT2D eigenvalue weighted by Crippen LogP contribution is -2.19. The molecule has 17 heavy (non-hydrogen) atoms. The van der Waals surface area contributed by atoms with Crippen LogP contribution in [0.2, 0.25) is 0 Å². The van der Waals surface area contributed by atoms with Crippen molar-refractivity contribution in [2.75, 3.05) is 6.54 Å². The first-order valence-corrected chi connectivity index (χ1v) is 5.47. The Balaban J connectivity index is 2.47. The van der Waals surface area contributed by atoms with Gasteiger partial charge >= 0.3 is 0 Å². The second kappa shape index (κ2) is 4.39. The number of halogens is 3. The van der Waals surface area contributed by atoms with Crippen LogP contribution >= 0.6 is 0 Å². The van der Waals surface area contributed by atoms with E-state index in [1.165, 1.54) is 0 Å². The summed E-state index contributed by atoms with van der Waals surface area (Å²) in [5, 5.41) is 2.55. The molecule has 5 heteroatoms. The molecule has 2 nitrogen and oxygen atoms in total. The summed E-state index contributed by atoms with van der Waals surface area (Å²) < 4.78 is 40.3. The van der Waals surface area contributed by atoms with Gasteiger partial charge in [0.1, 0.15) is 5.82 Å². The second-order valence-electron chi connectivity index (χ2n) is 4.12. The molecule has 1 saturated heterocycles. The fourth-order valence-corrected chi connectivity index (χ4v) is 2.32. The van der Waals surface area contributed by atoms with E-state index in [1.54, 1.807) is 6.92 Å². The number of nitrogens with one attached hydrogen (secondary N) is 1. The molecule has 2 atom stereocenters. The summed E-state index contributed by atoms with van der Waals surface area (Å²) >= 11 is 0. The maximum absolute atomic E-state index is 13.6. The second-order valence-corrected chi connectivity index (χ2v) is 4.12. The van der Waals surface area contributed by atoms with E-state index in [0.717, 1.165) is 12.1 Å². The molecule has 1 heterocycles. The number of amides is 1. The molecule has 0 spiro atoms. The maximum atomic E-state index is 13.6. The largest absolute Gasteiger partial charge is 0.355 e. The van der Waals surface area contributed by atoms with Crippen molar-refractivity contribution >= 4 is 5.91 Å². The molecule has 0 aliphatic carbocycles. The molecule has 1 N–H and O–H groups in total. The minimum absolute atomic E-state index is 0.147. The minimum Gasteiger partial charge on any atom is -0.355 e. The molecular weight excluding hydrogens is 231 g/mol. The van der Waals surface area contributed by atoms with Crippen LogP contribution in [-0.4, -0.2) is 12.5 Å². The quantitative estimate of drug-likeness (QED) is 0.794. The highest BCUT2D eigenvalue weighted by atomic mass is 19.2. The van der Waals surface area contributed by atoms with Crippen LogP contribution in [0.5, 0.6) is 0 Å². The first kappa shape index (κ1) is 12.0. The number of carbonyl (C=O) groups is 1. The normalized spacial score (nSPS) is 23.9. The standard InChI is InChI=1S/C12H12F3NO/c1-2-6-7(5-16-12(6)17)10-8(13)3-4-9(14)11(10)15/h3-4,6-7H,2,5H2,1H3,(H,16,17)/t6?,7-/m1/s1. The molecule has 1 aliphatic rings. The van der Waals surface area contributed by atoms with E-state index in [4.69, 9.17) is 0 Å². The van der Waals surface area contributed by atoms with Crippen molar-refractivity contribution in [3.8, 4) is 0 Å². The van der Waals surface area contributed by atoms with E-state index in [0.29, 0.717) is 6.42 Å². The van der Waals surface area contributed by atoms with Crippen molar-refractivity contribution in [2.24, 2.45) is 5.92 Å². The monoisotopic (exact) mass is 243 g/mol. The van der Waals surface area contributed by atoms with Crippen LogP contribution in [0, 0.1) is 23.4 Å². The summed E-state index contributed by atoms with van der Waals surface area (Å²) in [7, 11) is 0. The predicted octanol–water partition coefficient (Wildman–Crippen LogP) is 2.34. The molecule has 1 aromatic rings. The Kier molecular flexibility index (Phi) is 3.09. The maximum Gasteiger partial charge on any atom is 0.223 e. The highest BCUT2D eigenvalue weighted by molar-refractivity contribution is 5.82. The van der Waals surface area contributed by atoms with Gasteiger partial charge in [-0.2, -0.15) is 0 Å². The fourth-order valence-electron chi connectivity index (χ4n) is 2.32. The molecule has 0 bridgehead atoms. The summed E-state index contributed by atoms with van der Waals surface area (Å²) in [5.74, 6) is -4.45. The first-order chi connectivity index (χ1) is 8.06. The lowest BCUT2D eigenvalue weighted by atomic mass is 9.86. The Morgan fingerprint density at radius 3 is 2.59 bits per heavy atom. The van der Waals surface area contributed by atoms with Gasteiger partial charge in [-0.1, -0.05) is 6.92 Å². The molecule has 0 saturated carbocycles. The molecule has 1 aromatic carbocycles. The van der Waals surface area contributed by atoms with Crippen LogP contribution in [0.4, 0.5) is 13.2 Å². The van der Waals surface area contributed by atoms with Gasteiger partial charge in [-0.15, -0.1) is 0 Å². The Labute approximate surface area is 96.8 Å². The van der Waals surface area contributed by atoms with Crippen molar-refractivity contribution in [3.63, 3.8) is 0 Å². The summed E-state index contributed by atoms with van der Waals surface area (Å²) in [6.45, 7) is 1.91. The van der Waals surface area contributed by atoms with E-state index in [9.17, 15) is 18.0 Å². The van der Waals surface area contributed by atoms with Crippen LogP contribution < -0.4 is 5.32 Å². The Morgan fingerprint density at radius 2 is 1.94 bits per heavy atom. The third-order valence-corrected chi connectivity index (χ3v) is 3.21. The highest BCUT2D eigenvalue weighted by Gasteiger charge is 2.37. The first-order valence-electron chi connectivity index (χ1n) is 5.47. The number of hydrogen-bond donors (Lipinski definition) is 1. The van der Waals surface area contributed by atoms with Crippen LogP contribution in [-0.2, 0) is 4.79 Å². The molecule has 1 unspecified atom stereocenters. The zero-order valence-electron chi connectivity index (χ0n) is 9.27. The van der Waals surface area contributed by atoms with Crippen molar-refractivity contribution in [1.82, 2.24) is 5.32 Å². The molecule has 92 valence electrons. The van der Waals surface area contributed by atoms with Gasteiger partial charge in [0, 0.05) is 23.9 Å². The van der Waals surface area contributed by atoms with E-state index < -0.39 is 29.3 Å². The van der Waals surface area contributed by atoms with Gasteiger partial charge in [0.25, 0.3) is 0 Å². The Morgan fingerprint density at radius 1 is 1.29 bits per heavy atom. The summed E-state index contributed by atoms with van der Waals surface area (Å²) in [4.78, 5) is 11.4. The van der Waals surface area contributed by atoms with Gasteiger partial charge in [0.15, 0.2) is 11.6 Å². The highest BCUT2D eigenvalue weighted by Crippen LogP contribution is 2.34. The lowest BCUT2D eigenvalue weighted by Gasteiger charge is -2.17. The van der Waals surface area contributed by atoms with Gasteiger partial charge in [0.05, 0.1) is 0 Å². The van der Waals surface area contributed by atoms with E-state index in [1.807, 2.05) is 0 Å². The smallest absolute Gasteiger partial charge is 0.223 e. The minimum atomic E-state index is -1.19. The average molecular weight is 243 g/mol. The summed E-state index contributed by atoms with van der Waals surface area (Å²) in [6, 6.07) is 1.64. The average Bonchev–Trinajstić information content (AvgIpc) is 2.66. The van der Waals surface area contributed by atoms with Crippen molar-refractivity contribution in [2.45, 2.75) is 19.3 Å². The zero-order valence-corrected chi connectivity index (χ0v) is 9.27. The summed E-state index contributed by atoms with van der Waals surface area (Å²) in [5.41, 5.74) is -0.324. The predicted molar refractivity (Wildman–Crippen MR) is 55.8 cm³/mol. The number of hydrogen-bond acceptors (Lipinski definition) is 1. The molecule has 1 aliphatic heterocycles. The third-order valence-electron chi connectivity index (χ3n) is 3.21.